The van der Waals surface area contributed by atoms with Gasteiger partial charge in [0.25, 0.3) is 0 Å². The maximum absolute atomic E-state index is 2.40. The summed E-state index contributed by atoms with van der Waals surface area (Å²) >= 11 is 0. The van der Waals surface area contributed by atoms with Crippen molar-refractivity contribution in [1.29, 1.82) is 0 Å². The third kappa shape index (κ3) is 5.14. The highest BCUT2D eigenvalue weighted by Crippen LogP contribution is 2.39. The molecule has 1 saturated carbocycles. The zero-order valence-electron chi connectivity index (χ0n) is 15.7. The lowest BCUT2D eigenvalue weighted by atomic mass is 9.70. The van der Waals surface area contributed by atoms with Crippen molar-refractivity contribution in [3.8, 4) is 0 Å². The van der Waals surface area contributed by atoms with E-state index >= 15 is 0 Å². The highest BCUT2D eigenvalue weighted by atomic mass is 14.3. The molecule has 2 atom stereocenters. The number of benzene rings is 1. The predicted octanol–water partition coefficient (Wildman–Crippen LogP) is 6.77. The van der Waals surface area contributed by atoms with E-state index in [4.69, 9.17) is 0 Å². The Bertz CT molecular complexity index is 452. The molecule has 22 heavy (non-hydrogen) atoms. The maximum Gasteiger partial charge on any atom is -0.0132 e. The van der Waals surface area contributed by atoms with Gasteiger partial charge >= 0.3 is 0 Å². The van der Waals surface area contributed by atoms with Crippen LogP contribution in [0.4, 0.5) is 0 Å². The molecule has 0 heterocycles. The SMILES string of the molecule is CC(C)(C)C[C@@H]1CCCC[C@H]1Cc1ccc(C(C)(C)C)cc1. The number of hydrogen-bond acceptors (Lipinski definition) is 0. The minimum atomic E-state index is 0.262. The molecular weight excluding hydrogens is 264 g/mol. The van der Waals surface area contributed by atoms with E-state index in [2.05, 4.69) is 65.8 Å². The molecule has 124 valence electrons. The Kier molecular flexibility index (Phi) is 5.41. The zero-order chi connectivity index (χ0) is 16.4. The summed E-state index contributed by atoms with van der Waals surface area (Å²) < 4.78 is 0. The van der Waals surface area contributed by atoms with E-state index < -0.39 is 0 Å². The summed E-state index contributed by atoms with van der Waals surface area (Å²) in [5.74, 6) is 1.82. The van der Waals surface area contributed by atoms with Crippen molar-refractivity contribution in [3.63, 3.8) is 0 Å². The Morgan fingerprint density at radius 1 is 0.818 bits per heavy atom. The van der Waals surface area contributed by atoms with E-state index in [1.165, 1.54) is 44.1 Å². The van der Waals surface area contributed by atoms with Crippen LogP contribution in [0.5, 0.6) is 0 Å². The van der Waals surface area contributed by atoms with Crippen LogP contribution in [0.2, 0.25) is 0 Å². The summed E-state index contributed by atoms with van der Waals surface area (Å²) in [5, 5.41) is 0. The summed E-state index contributed by atoms with van der Waals surface area (Å²) in [6.45, 7) is 14.1. The van der Waals surface area contributed by atoms with E-state index in [1.54, 1.807) is 5.56 Å². The van der Waals surface area contributed by atoms with Gasteiger partial charge in [-0.15, -0.1) is 0 Å². The second-order valence-electron chi connectivity index (χ2n) is 9.72. The van der Waals surface area contributed by atoms with Gasteiger partial charge in [-0.3, -0.25) is 0 Å². The molecule has 0 spiro atoms. The number of hydrogen-bond donors (Lipinski definition) is 0. The van der Waals surface area contributed by atoms with Crippen LogP contribution in [0.3, 0.4) is 0 Å². The molecule has 2 rings (SSSR count). The van der Waals surface area contributed by atoms with Gasteiger partial charge in [0, 0.05) is 0 Å². The second-order valence-corrected chi connectivity index (χ2v) is 9.72. The summed E-state index contributed by atoms with van der Waals surface area (Å²) in [6, 6.07) is 9.44. The molecule has 1 aliphatic rings. The quantitative estimate of drug-likeness (QED) is 0.578. The molecule has 1 aromatic carbocycles. The lowest BCUT2D eigenvalue weighted by molar-refractivity contribution is 0.167. The van der Waals surface area contributed by atoms with Crippen LogP contribution in [0, 0.1) is 17.3 Å². The standard InChI is InChI=1S/C22H36/c1-21(2,3)16-19-10-8-7-9-18(19)15-17-11-13-20(14-12-17)22(4,5)6/h11-14,18-19H,7-10,15-16H2,1-6H3/t18-,19-/m0/s1. The molecule has 0 bridgehead atoms. The molecule has 0 nitrogen and oxygen atoms in total. The van der Waals surface area contributed by atoms with Gasteiger partial charge < -0.3 is 0 Å². The van der Waals surface area contributed by atoms with Crippen LogP contribution < -0.4 is 0 Å². The first-order valence-electron chi connectivity index (χ1n) is 9.24. The van der Waals surface area contributed by atoms with Gasteiger partial charge in [0.1, 0.15) is 0 Å². The molecule has 1 aliphatic carbocycles. The Balaban J connectivity index is 2.04. The van der Waals surface area contributed by atoms with E-state index in [-0.39, 0.29) is 5.41 Å². The molecule has 0 aromatic heterocycles. The first kappa shape index (κ1) is 17.6. The summed E-state index contributed by atoms with van der Waals surface area (Å²) in [6.07, 6.45) is 8.43. The van der Waals surface area contributed by atoms with Crippen LogP contribution in [-0.2, 0) is 11.8 Å². The minimum Gasteiger partial charge on any atom is -0.0602 e. The highest BCUT2D eigenvalue weighted by molar-refractivity contribution is 5.27. The largest absolute Gasteiger partial charge is 0.0602 e. The Morgan fingerprint density at radius 3 is 1.86 bits per heavy atom. The first-order valence-corrected chi connectivity index (χ1v) is 9.24. The van der Waals surface area contributed by atoms with Crippen molar-refractivity contribution in [3.05, 3.63) is 35.4 Å². The Labute approximate surface area is 138 Å². The van der Waals surface area contributed by atoms with Crippen LogP contribution in [0.1, 0.15) is 84.8 Å². The molecule has 0 radical (unpaired) electrons. The van der Waals surface area contributed by atoms with Crippen LogP contribution in [-0.4, -0.2) is 0 Å². The van der Waals surface area contributed by atoms with Crippen LogP contribution >= 0.6 is 0 Å². The first-order chi connectivity index (χ1) is 10.1. The van der Waals surface area contributed by atoms with Crippen LogP contribution in [0.25, 0.3) is 0 Å². The van der Waals surface area contributed by atoms with E-state index in [0.29, 0.717) is 5.41 Å². The molecular formula is C22H36. The monoisotopic (exact) mass is 300 g/mol. The van der Waals surface area contributed by atoms with Gasteiger partial charge in [-0.2, -0.15) is 0 Å². The maximum atomic E-state index is 2.40. The molecule has 0 aliphatic heterocycles. The third-order valence-corrected chi connectivity index (χ3v) is 5.26. The van der Waals surface area contributed by atoms with Gasteiger partial charge in [0.15, 0.2) is 0 Å². The van der Waals surface area contributed by atoms with Crippen molar-refractivity contribution in [2.45, 2.75) is 85.5 Å². The summed E-state index contributed by atoms with van der Waals surface area (Å²) in [4.78, 5) is 0. The van der Waals surface area contributed by atoms with E-state index in [0.717, 1.165) is 11.8 Å². The predicted molar refractivity (Wildman–Crippen MR) is 98.4 cm³/mol. The smallest absolute Gasteiger partial charge is 0.0132 e. The van der Waals surface area contributed by atoms with Crippen LogP contribution in [0.15, 0.2) is 24.3 Å². The van der Waals surface area contributed by atoms with Crippen molar-refractivity contribution in [1.82, 2.24) is 0 Å². The molecule has 0 amide bonds. The number of rotatable bonds is 3. The fourth-order valence-electron chi connectivity index (χ4n) is 4.05. The normalized spacial score (nSPS) is 23.5. The second kappa shape index (κ2) is 6.77. The van der Waals surface area contributed by atoms with Gasteiger partial charge in [0.05, 0.1) is 0 Å². The van der Waals surface area contributed by atoms with Gasteiger partial charge in [-0.25, -0.2) is 0 Å². The lowest BCUT2D eigenvalue weighted by Gasteiger charge is -2.36. The van der Waals surface area contributed by atoms with Crippen molar-refractivity contribution in [2.24, 2.45) is 17.3 Å². The topological polar surface area (TPSA) is 0 Å². The van der Waals surface area contributed by atoms with Gasteiger partial charge in [-0.05, 0) is 53.1 Å². The van der Waals surface area contributed by atoms with Gasteiger partial charge in [0.2, 0.25) is 0 Å². The Morgan fingerprint density at radius 2 is 1.36 bits per heavy atom. The van der Waals surface area contributed by atoms with Crippen molar-refractivity contribution >= 4 is 0 Å². The lowest BCUT2D eigenvalue weighted by Crippen LogP contribution is -2.26. The van der Waals surface area contributed by atoms with Crippen molar-refractivity contribution < 1.29 is 0 Å². The summed E-state index contributed by atoms with van der Waals surface area (Å²) in [5.41, 5.74) is 3.72. The average molecular weight is 301 g/mol. The third-order valence-electron chi connectivity index (χ3n) is 5.26. The average Bonchev–Trinajstić information content (AvgIpc) is 2.39. The Hall–Kier alpha value is -0.780. The molecule has 0 N–H and O–H groups in total. The fourth-order valence-corrected chi connectivity index (χ4v) is 4.05. The van der Waals surface area contributed by atoms with E-state index in [9.17, 15) is 0 Å². The molecule has 1 fully saturated rings. The van der Waals surface area contributed by atoms with Crippen molar-refractivity contribution in [2.75, 3.05) is 0 Å². The molecule has 0 saturated heterocycles. The molecule has 0 unspecified atom stereocenters. The molecule has 0 heteroatoms. The van der Waals surface area contributed by atoms with Gasteiger partial charge in [-0.1, -0.05) is 85.1 Å². The molecule has 1 aromatic rings. The zero-order valence-corrected chi connectivity index (χ0v) is 15.7. The summed E-state index contributed by atoms with van der Waals surface area (Å²) in [7, 11) is 0. The highest BCUT2D eigenvalue weighted by Gasteiger charge is 2.28. The van der Waals surface area contributed by atoms with E-state index in [1.807, 2.05) is 0 Å². The fraction of sp³-hybridized carbons (Fsp3) is 0.727. The minimum absolute atomic E-state index is 0.262.